The molecule has 0 N–H and O–H groups in total. The summed E-state index contributed by atoms with van der Waals surface area (Å²) in [4.78, 5) is 9.81. The Morgan fingerprint density at radius 3 is 2.91 bits per heavy atom. The Bertz CT molecular complexity index is 165. The van der Waals surface area contributed by atoms with Gasteiger partial charge in [-0.1, -0.05) is 12.2 Å². The summed E-state index contributed by atoms with van der Waals surface area (Å²) in [5, 5.41) is 10.0. The van der Waals surface area contributed by atoms with Crippen molar-refractivity contribution < 1.29 is 4.92 Å². The van der Waals surface area contributed by atoms with Crippen molar-refractivity contribution >= 4 is 0 Å². The lowest BCUT2D eigenvalue weighted by Gasteiger charge is -2.14. The van der Waals surface area contributed by atoms with E-state index < -0.39 is 0 Å². The molecule has 0 spiro atoms. The van der Waals surface area contributed by atoms with Crippen molar-refractivity contribution in [1.82, 2.24) is 0 Å². The van der Waals surface area contributed by atoms with Crippen molar-refractivity contribution in [1.29, 1.82) is 0 Å². The summed E-state index contributed by atoms with van der Waals surface area (Å²) in [6.45, 7) is 0.137. The first-order chi connectivity index (χ1) is 5.29. The molecule has 1 atom stereocenters. The van der Waals surface area contributed by atoms with Crippen LogP contribution in [0, 0.1) is 16.0 Å². The van der Waals surface area contributed by atoms with E-state index in [1.807, 2.05) is 0 Å². The molecule has 0 saturated heterocycles. The minimum atomic E-state index is -0.224. The fourth-order valence-electron chi connectivity index (χ4n) is 1.41. The van der Waals surface area contributed by atoms with Crippen LogP contribution in [-0.2, 0) is 0 Å². The lowest BCUT2D eigenvalue weighted by molar-refractivity contribution is -0.481. The van der Waals surface area contributed by atoms with E-state index >= 15 is 0 Å². The SMILES string of the molecule is O=[N+]([O-])CCC1CC=CCC1. The van der Waals surface area contributed by atoms with Crippen molar-refractivity contribution in [2.45, 2.75) is 25.7 Å². The van der Waals surface area contributed by atoms with Crippen LogP contribution in [0.25, 0.3) is 0 Å². The largest absolute Gasteiger partial charge is 0.265 e. The Hall–Kier alpha value is -0.860. The summed E-state index contributed by atoms with van der Waals surface area (Å²) in [5.74, 6) is 0.561. The zero-order valence-corrected chi connectivity index (χ0v) is 6.53. The van der Waals surface area contributed by atoms with Crippen LogP contribution in [-0.4, -0.2) is 11.5 Å². The maximum Gasteiger partial charge on any atom is 0.204 e. The van der Waals surface area contributed by atoms with Crippen molar-refractivity contribution in [3.05, 3.63) is 22.3 Å². The lowest BCUT2D eigenvalue weighted by Crippen LogP contribution is -2.09. The molecule has 0 aliphatic heterocycles. The molecule has 0 radical (unpaired) electrons. The van der Waals surface area contributed by atoms with E-state index in [4.69, 9.17) is 0 Å². The molecular weight excluding hydrogens is 142 g/mol. The Balaban J connectivity index is 2.16. The summed E-state index contributed by atoms with van der Waals surface area (Å²) in [6, 6.07) is 0. The molecule has 1 aliphatic rings. The van der Waals surface area contributed by atoms with Crippen molar-refractivity contribution in [3.8, 4) is 0 Å². The molecule has 1 rings (SSSR count). The Labute approximate surface area is 66.3 Å². The van der Waals surface area contributed by atoms with Crippen LogP contribution in [0.15, 0.2) is 12.2 Å². The fraction of sp³-hybridized carbons (Fsp3) is 0.750. The van der Waals surface area contributed by atoms with Gasteiger partial charge in [0.25, 0.3) is 0 Å². The Morgan fingerprint density at radius 1 is 1.55 bits per heavy atom. The van der Waals surface area contributed by atoms with Crippen molar-refractivity contribution in [2.75, 3.05) is 6.54 Å². The third-order valence-electron chi connectivity index (χ3n) is 2.10. The molecule has 0 amide bonds. The summed E-state index contributed by atoms with van der Waals surface area (Å²) >= 11 is 0. The quantitative estimate of drug-likeness (QED) is 0.355. The summed E-state index contributed by atoms with van der Waals surface area (Å²) in [5.41, 5.74) is 0. The minimum Gasteiger partial charge on any atom is -0.265 e. The third-order valence-corrected chi connectivity index (χ3v) is 2.10. The number of hydrogen-bond donors (Lipinski definition) is 0. The van der Waals surface area contributed by atoms with Gasteiger partial charge in [0.05, 0.1) is 0 Å². The zero-order chi connectivity index (χ0) is 8.10. The van der Waals surface area contributed by atoms with Gasteiger partial charge in [-0.15, -0.1) is 0 Å². The minimum absolute atomic E-state index is 0.137. The highest BCUT2D eigenvalue weighted by atomic mass is 16.6. The second-order valence-corrected chi connectivity index (χ2v) is 3.00. The average Bonchev–Trinajstić information content (AvgIpc) is 2.03. The van der Waals surface area contributed by atoms with Gasteiger partial charge in [0.1, 0.15) is 0 Å². The maximum absolute atomic E-state index is 10.0. The lowest BCUT2D eigenvalue weighted by atomic mass is 9.92. The van der Waals surface area contributed by atoms with Gasteiger partial charge >= 0.3 is 0 Å². The molecule has 62 valence electrons. The van der Waals surface area contributed by atoms with Crippen molar-refractivity contribution in [3.63, 3.8) is 0 Å². The monoisotopic (exact) mass is 155 g/mol. The summed E-state index contributed by atoms with van der Waals surface area (Å²) in [6.07, 6.45) is 8.30. The molecule has 3 nitrogen and oxygen atoms in total. The number of nitro groups is 1. The van der Waals surface area contributed by atoms with Gasteiger partial charge in [-0.25, -0.2) is 0 Å². The van der Waals surface area contributed by atoms with Gasteiger partial charge in [-0.2, -0.15) is 0 Å². The average molecular weight is 155 g/mol. The van der Waals surface area contributed by atoms with E-state index in [0.29, 0.717) is 5.92 Å². The van der Waals surface area contributed by atoms with Crippen LogP contribution in [0.2, 0.25) is 0 Å². The van der Waals surface area contributed by atoms with E-state index in [-0.39, 0.29) is 11.5 Å². The molecule has 0 bridgehead atoms. The van der Waals surface area contributed by atoms with Gasteiger partial charge in [-0.3, -0.25) is 10.1 Å². The van der Waals surface area contributed by atoms with Crippen LogP contribution in [0.4, 0.5) is 0 Å². The van der Waals surface area contributed by atoms with E-state index in [1.165, 1.54) is 0 Å². The predicted octanol–water partition coefficient (Wildman–Crippen LogP) is 2.01. The molecule has 3 heteroatoms. The van der Waals surface area contributed by atoms with Gasteiger partial charge in [-0.05, 0) is 25.2 Å². The highest BCUT2D eigenvalue weighted by Gasteiger charge is 2.11. The first-order valence-electron chi connectivity index (χ1n) is 4.06. The van der Waals surface area contributed by atoms with Crippen molar-refractivity contribution in [2.24, 2.45) is 5.92 Å². The summed E-state index contributed by atoms with van der Waals surface area (Å²) in [7, 11) is 0. The molecule has 1 unspecified atom stereocenters. The van der Waals surface area contributed by atoms with Gasteiger partial charge < -0.3 is 0 Å². The molecular formula is C8H13NO2. The van der Waals surface area contributed by atoms with E-state index in [0.717, 1.165) is 25.7 Å². The predicted molar refractivity (Wildman–Crippen MR) is 43.0 cm³/mol. The number of rotatable bonds is 3. The Kier molecular flexibility index (Phi) is 3.08. The van der Waals surface area contributed by atoms with Crippen LogP contribution in [0.1, 0.15) is 25.7 Å². The van der Waals surface area contributed by atoms with Crippen LogP contribution < -0.4 is 0 Å². The van der Waals surface area contributed by atoms with E-state index in [1.54, 1.807) is 0 Å². The van der Waals surface area contributed by atoms with Gasteiger partial charge in [0.15, 0.2) is 0 Å². The molecule has 0 aromatic carbocycles. The molecule has 0 aromatic heterocycles. The smallest absolute Gasteiger partial charge is 0.204 e. The van der Waals surface area contributed by atoms with E-state index in [9.17, 15) is 10.1 Å². The van der Waals surface area contributed by atoms with E-state index in [2.05, 4.69) is 12.2 Å². The topological polar surface area (TPSA) is 43.1 Å². The molecule has 0 fully saturated rings. The summed E-state index contributed by atoms with van der Waals surface area (Å²) < 4.78 is 0. The molecule has 0 aromatic rings. The molecule has 1 aliphatic carbocycles. The van der Waals surface area contributed by atoms with Crippen LogP contribution >= 0.6 is 0 Å². The standard InChI is InChI=1S/C8H13NO2/c10-9(11)7-6-8-4-2-1-3-5-8/h1-2,8H,3-7H2. The fourth-order valence-corrected chi connectivity index (χ4v) is 1.41. The second kappa shape index (κ2) is 4.11. The third kappa shape index (κ3) is 3.16. The first-order valence-corrected chi connectivity index (χ1v) is 4.06. The number of hydrogen-bond acceptors (Lipinski definition) is 2. The number of allylic oxidation sites excluding steroid dienone is 2. The van der Waals surface area contributed by atoms with Gasteiger partial charge in [0, 0.05) is 11.3 Å². The molecule has 0 saturated carbocycles. The maximum atomic E-state index is 10.0. The van der Waals surface area contributed by atoms with Crippen LogP contribution in [0.3, 0.4) is 0 Å². The normalized spacial score (nSPS) is 23.5. The Morgan fingerprint density at radius 2 is 2.36 bits per heavy atom. The first kappa shape index (κ1) is 8.24. The van der Waals surface area contributed by atoms with Gasteiger partial charge in [0.2, 0.25) is 6.54 Å². The molecule has 11 heavy (non-hydrogen) atoms. The number of nitrogens with zero attached hydrogens (tertiary/aromatic N) is 1. The second-order valence-electron chi connectivity index (χ2n) is 3.00. The van der Waals surface area contributed by atoms with Crippen LogP contribution in [0.5, 0.6) is 0 Å². The zero-order valence-electron chi connectivity index (χ0n) is 6.53. The highest BCUT2D eigenvalue weighted by molar-refractivity contribution is 4.89. The highest BCUT2D eigenvalue weighted by Crippen LogP contribution is 2.20. The molecule has 0 heterocycles.